The molecule has 0 radical (unpaired) electrons. The number of aliphatic hydroxyl groups is 1. The van der Waals surface area contributed by atoms with E-state index >= 15 is 0 Å². The minimum Gasteiger partial charge on any atom is -0.508 e. The van der Waals surface area contributed by atoms with Gasteiger partial charge in [0.25, 0.3) is 5.91 Å². The molecular weight excluding hydrogens is 410 g/mol. The predicted octanol–water partition coefficient (Wildman–Crippen LogP) is 4.47. The number of ketones is 1. The smallest absolute Gasteiger partial charge is 0.338 e. The summed E-state index contributed by atoms with van der Waals surface area (Å²) in [5.74, 6) is -2.13. The van der Waals surface area contributed by atoms with Gasteiger partial charge >= 0.3 is 5.97 Å². The average Bonchev–Trinajstić information content (AvgIpc) is 2.97. The zero-order chi connectivity index (χ0) is 23.8. The molecule has 0 bridgehead atoms. The molecule has 1 atom stereocenters. The number of anilines is 1. The van der Waals surface area contributed by atoms with Crippen LogP contribution in [0.1, 0.15) is 56.6 Å². The molecule has 2 aromatic carbocycles. The van der Waals surface area contributed by atoms with Crippen molar-refractivity contribution in [3.05, 3.63) is 71.0 Å². The van der Waals surface area contributed by atoms with E-state index < -0.39 is 29.1 Å². The van der Waals surface area contributed by atoms with Crippen LogP contribution in [0.2, 0.25) is 0 Å². The van der Waals surface area contributed by atoms with Gasteiger partial charge in [-0.15, -0.1) is 0 Å². The van der Waals surface area contributed by atoms with Crippen molar-refractivity contribution in [1.82, 2.24) is 0 Å². The van der Waals surface area contributed by atoms with Gasteiger partial charge < -0.3 is 14.9 Å². The van der Waals surface area contributed by atoms with Crippen LogP contribution < -0.4 is 4.90 Å². The van der Waals surface area contributed by atoms with Crippen molar-refractivity contribution in [2.45, 2.75) is 46.8 Å². The lowest BCUT2D eigenvalue weighted by Crippen LogP contribution is -2.32. The Morgan fingerprint density at radius 1 is 0.969 bits per heavy atom. The van der Waals surface area contributed by atoms with Gasteiger partial charge in [0, 0.05) is 11.1 Å². The minimum atomic E-state index is -0.886. The Balaban J connectivity index is 2.08. The summed E-state index contributed by atoms with van der Waals surface area (Å²) in [4.78, 5) is 39.7. The second kappa shape index (κ2) is 8.49. The summed E-state index contributed by atoms with van der Waals surface area (Å²) in [6, 6.07) is 11.4. The minimum absolute atomic E-state index is 0.00326. The summed E-state index contributed by atoms with van der Waals surface area (Å²) in [5.41, 5.74) is 0.433. The number of benzene rings is 2. The summed E-state index contributed by atoms with van der Waals surface area (Å²) >= 11 is 0. The van der Waals surface area contributed by atoms with Crippen molar-refractivity contribution in [2.24, 2.45) is 5.41 Å². The number of hydrogen-bond donors (Lipinski definition) is 2. The first-order chi connectivity index (χ1) is 14.9. The zero-order valence-electron chi connectivity index (χ0n) is 18.7. The van der Waals surface area contributed by atoms with Gasteiger partial charge in [-0.3, -0.25) is 14.5 Å². The van der Waals surface area contributed by atoms with Crippen molar-refractivity contribution in [3.8, 4) is 5.75 Å². The van der Waals surface area contributed by atoms with Gasteiger partial charge in [0.2, 0.25) is 0 Å². The highest BCUT2D eigenvalue weighted by Crippen LogP contribution is 2.43. The molecule has 0 fully saturated rings. The van der Waals surface area contributed by atoms with E-state index in [4.69, 9.17) is 4.74 Å². The molecular formula is C25H27NO6. The molecule has 32 heavy (non-hydrogen) atoms. The summed E-state index contributed by atoms with van der Waals surface area (Å²) in [6.07, 6.45) is -0.270. The fourth-order valence-electron chi connectivity index (χ4n) is 3.52. The van der Waals surface area contributed by atoms with Gasteiger partial charge in [-0.05, 0) is 55.8 Å². The first-order valence-electron chi connectivity index (χ1n) is 10.3. The lowest BCUT2D eigenvalue weighted by Gasteiger charge is -2.29. The Bertz CT molecular complexity index is 1070. The van der Waals surface area contributed by atoms with Crippen LogP contribution in [0.5, 0.6) is 5.75 Å². The Kier molecular flexibility index (Phi) is 6.12. The van der Waals surface area contributed by atoms with Gasteiger partial charge in [0.15, 0.2) is 11.5 Å². The van der Waals surface area contributed by atoms with E-state index in [0.29, 0.717) is 16.8 Å². The van der Waals surface area contributed by atoms with Crippen LogP contribution in [0, 0.1) is 5.41 Å². The van der Waals surface area contributed by atoms with Gasteiger partial charge in [0.1, 0.15) is 5.75 Å². The first kappa shape index (κ1) is 23.1. The Morgan fingerprint density at radius 2 is 1.53 bits per heavy atom. The first-order valence-corrected chi connectivity index (χ1v) is 10.3. The summed E-state index contributed by atoms with van der Waals surface area (Å²) in [7, 11) is 0. The number of nitrogens with zero attached hydrogens (tertiary/aromatic N) is 1. The largest absolute Gasteiger partial charge is 0.508 e. The molecule has 7 heteroatoms. The van der Waals surface area contributed by atoms with Crippen LogP contribution in [0.3, 0.4) is 0 Å². The molecule has 0 spiro atoms. The van der Waals surface area contributed by atoms with Crippen LogP contribution in [-0.2, 0) is 14.3 Å². The quantitative estimate of drug-likeness (QED) is 0.669. The molecule has 0 aliphatic carbocycles. The Morgan fingerprint density at radius 3 is 2.03 bits per heavy atom. The SMILES string of the molecule is CC(C)OC(=O)c1ccc(N2C(=O)C(O)=C(C(=O)C(C)(C)C)C2c2ccc(O)cc2)cc1. The second-order valence-corrected chi connectivity index (χ2v) is 9.01. The number of phenols is 1. The molecule has 1 unspecified atom stereocenters. The normalized spacial score (nSPS) is 16.6. The highest BCUT2D eigenvalue weighted by atomic mass is 16.5. The van der Waals surface area contributed by atoms with Gasteiger partial charge in [-0.25, -0.2) is 4.79 Å². The second-order valence-electron chi connectivity index (χ2n) is 9.01. The number of Topliss-reactive ketones (excluding diaryl/α,β-unsaturated/α-hetero) is 1. The van der Waals surface area contributed by atoms with E-state index in [9.17, 15) is 24.6 Å². The molecule has 3 rings (SSSR count). The van der Waals surface area contributed by atoms with E-state index in [1.807, 2.05) is 0 Å². The maximum atomic E-state index is 13.2. The van der Waals surface area contributed by atoms with E-state index in [1.54, 1.807) is 58.9 Å². The molecule has 1 amide bonds. The van der Waals surface area contributed by atoms with Crippen LogP contribution in [0.25, 0.3) is 0 Å². The number of carbonyl (C=O) groups excluding carboxylic acids is 3. The number of phenolic OH excluding ortho intramolecular Hbond substituents is 1. The monoisotopic (exact) mass is 437 g/mol. The maximum absolute atomic E-state index is 13.2. The number of aromatic hydroxyl groups is 1. The van der Waals surface area contributed by atoms with Crippen molar-refractivity contribution in [2.75, 3.05) is 4.90 Å². The number of rotatable bonds is 5. The fourth-order valence-corrected chi connectivity index (χ4v) is 3.52. The van der Waals surface area contributed by atoms with E-state index in [0.717, 1.165) is 0 Å². The topological polar surface area (TPSA) is 104 Å². The van der Waals surface area contributed by atoms with E-state index in [-0.39, 0.29) is 23.2 Å². The van der Waals surface area contributed by atoms with Crippen molar-refractivity contribution >= 4 is 23.3 Å². The van der Waals surface area contributed by atoms with Gasteiger partial charge in [-0.1, -0.05) is 32.9 Å². The highest BCUT2D eigenvalue weighted by molar-refractivity contribution is 6.17. The molecule has 0 saturated carbocycles. The lowest BCUT2D eigenvalue weighted by molar-refractivity contribution is -0.123. The lowest BCUT2D eigenvalue weighted by atomic mass is 9.82. The molecule has 0 aromatic heterocycles. The van der Waals surface area contributed by atoms with Crippen LogP contribution in [-0.4, -0.2) is 34.0 Å². The number of ether oxygens (including phenoxy) is 1. The third-order valence-electron chi connectivity index (χ3n) is 5.07. The number of carbonyl (C=O) groups is 3. The van der Waals surface area contributed by atoms with E-state index in [2.05, 4.69) is 0 Å². The Hall–Kier alpha value is -3.61. The molecule has 168 valence electrons. The number of hydrogen-bond acceptors (Lipinski definition) is 6. The third kappa shape index (κ3) is 4.37. The van der Waals surface area contributed by atoms with Gasteiger partial charge in [-0.2, -0.15) is 0 Å². The molecule has 7 nitrogen and oxygen atoms in total. The van der Waals surface area contributed by atoms with Crippen molar-refractivity contribution in [3.63, 3.8) is 0 Å². The van der Waals surface area contributed by atoms with Crippen LogP contribution in [0.15, 0.2) is 59.9 Å². The van der Waals surface area contributed by atoms with Crippen LogP contribution >= 0.6 is 0 Å². The van der Waals surface area contributed by atoms with Crippen molar-refractivity contribution < 1.29 is 29.3 Å². The molecule has 0 saturated heterocycles. The molecule has 1 heterocycles. The summed E-state index contributed by atoms with van der Waals surface area (Å²) in [5, 5.41) is 20.4. The summed E-state index contributed by atoms with van der Waals surface area (Å²) < 4.78 is 5.19. The maximum Gasteiger partial charge on any atom is 0.338 e. The molecule has 2 N–H and O–H groups in total. The molecule has 1 aliphatic rings. The number of esters is 1. The van der Waals surface area contributed by atoms with Crippen molar-refractivity contribution in [1.29, 1.82) is 0 Å². The highest BCUT2D eigenvalue weighted by Gasteiger charge is 2.46. The number of amides is 1. The molecule has 1 aliphatic heterocycles. The predicted molar refractivity (Wildman–Crippen MR) is 119 cm³/mol. The fraction of sp³-hybridized carbons (Fsp3) is 0.320. The third-order valence-corrected chi connectivity index (χ3v) is 5.07. The van der Waals surface area contributed by atoms with E-state index in [1.165, 1.54) is 29.2 Å². The standard InChI is InChI=1S/C25H27NO6/c1-14(2)32-24(31)16-6-10-17(11-7-16)26-20(15-8-12-18(27)13-9-15)19(21(28)23(26)30)22(29)25(3,4)5/h6-14,20,27-28H,1-5H3. The number of aliphatic hydroxyl groups excluding tert-OH is 1. The van der Waals surface area contributed by atoms with Gasteiger partial charge in [0.05, 0.1) is 23.3 Å². The summed E-state index contributed by atoms with van der Waals surface area (Å²) in [6.45, 7) is 8.64. The average molecular weight is 437 g/mol. The van der Waals surface area contributed by atoms with Crippen LogP contribution in [0.4, 0.5) is 5.69 Å². The molecule has 2 aromatic rings. The zero-order valence-corrected chi connectivity index (χ0v) is 18.7. The Labute approximate surface area is 186 Å².